The van der Waals surface area contributed by atoms with Gasteiger partial charge < -0.3 is 5.32 Å². The summed E-state index contributed by atoms with van der Waals surface area (Å²) in [6, 6.07) is 5.33. The standard InChI is InChI=1S/C14H16ClN3O/c1-9(2)12(8-15)18-14(19)10-4-3-5-11-13(10)17-7-6-16-11/h3-7,9,12H,8H2,1-2H3,(H,18,19). The van der Waals surface area contributed by atoms with Gasteiger partial charge >= 0.3 is 0 Å². The third kappa shape index (κ3) is 3.01. The Kier molecular flexibility index (Phi) is 4.32. The molecular formula is C14H16ClN3O. The third-order valence-electron chi connectivity index (χ3n) is 3.03. The highest BCUT2D eigenvalue weighted by atomic mass is 35.5. The molecule has 1 amide bonds. The number of carbonyl (C=O) groups excluding carboxylic acids is 1. The van der Waals surface area contributed by atoms with Gasteiger partial charge in [0, 0.05) is 24.3 Å². The largest absolute Gasteiger partial charge is 0.348 e. The van der Waals surface area contributed by atoms with E-state index in [0.717, 1.165) is 0 Å². The highest BCUT2D eigenvalue weighted by Crippen LogP contribution is 2.14. The van der Waals surface area contributed by atoms with Gasteiger partial charge in [0.25, 0.3) is 5.91 Å². The fourth-order valence-corrected chi connectivity index (χ4v) is 2.24. The van der Waals surface area contributed by atoms with Crippen LogP contribution in [-0.2, 0) is 0 Å². The zero-order chi connectivity index (χ0) is 13.8. The lowest BCUT2D eigenvalue weighted by Crippen LogP contribution is -2.40. The number of amides is 1. The van der Waals surface area contributed by atoms with E-state index in [1.54, 1.807) is 24.5 Å². The minimum Gasteiger partial charge on any atom is -0.348 e. The number of halogens is 1. The summed E-state index contributed by atoms with van der Waals surface area (Å²) in [5.74, 6) is 0.507. The first-order chi connectivity index (χ1) is 9.13. The van der Waals surface area contributed by atoms with Gasteiger partial charge in [-0.1, -0.05) is 19.9 Å². The molecule has 5 heteroatoms. The average molecular weight is 278 g/mol. The monoisotopic (exact) mass is 277 g/mol. The van der Waals surface area contributed by atoms with Crippen LogP contribution in [0.2, 0.25) is 0 Å². The second kappa shape index (κ2) is 5.97. The van der Waals surface area contributed by atoms with Crippen LogP contribution in [-0.4, -0.2) is 27.8 Å². The number of rotatable bonds is 4. The Morgan fingerprint density at radius 2 is 2.05 bits per heavy atom. The molecule has 0 bridgehead atoms. The highest BCUT2D eigenvalue weighted by Gasteiger charge is 2.18. The molecule has 2 rings (SSSR count). The van der Waals surface area contributed by atoms with Crippen molar-refractivity contribution in [2.24, 2.45) is 5.92 Å². The molecule has 0 fully saturated rings. The van der Waals surface area contributed by atoms with Crippen molar-refractivity contribution in [2.45, 2.75) is 19.9 Å². The Labute approximate surface area is 117 Å². The summed E-state index contributed by atoms with van der Waals surface area (Å²) in [6.07, 6.45) is 3.19. The van der Waals surface area contributed by atoms with E-state index >= 15 is 0 Å². The van der Waals surface area contributed by atoms with Crippen LogP contribution < -0.4 is 5.32 Å². The maximum absolute atomic E-state index is 12.3. The highest BCUT2D eigenvalue weighted by molar-refractivity contribution is 6.18. The molecular weight excluding hydrogens is 262 g/mol. The molecule has 1 aromatic carbocycles. The van der Waals surface area contributed by atoms with Crippen LogP contribution in [0.3, 0.4) is 0 Å². The van der Waals surface area contributed by atoms with Gasteiger partial charge in [-0.3, -0.25) is 14.8 Å². The predicted octanol–water partition coefficient (Wildman–Crippen LogP) is 2.62. The van der Waals surface area contributed by atoms with E-state index in [1.165, 1.54) is 0 Å². The first-order valence-corrected chi connectivity index (χ1v) is 6.73. The van der Waals surface area contributed by atoms with Crippen LogP contribution in [0.25, 0.3) is 11.0 Å². The number of carbonyl (C=O) groups is 1. The summed E-state index contributed by atoms with van der Waals surface area (Å²) >= 11 is 5.87. The van der Waals surface area contributed by atoms with Crippen molar-refractivity contribution >= 4 is 28.5 Å². The van der Waals surface area contributed by atoms with Crippen molar-refractivity contribution in [1.29, 1.82) is 0 Å². The fourth-order valence-electron chi connectivity index (χ4n) is 1.81. The molecule has 0 radical (unpaired) electrons. The number of alkyl halides is 1. The summed E-state index contributed by atoms with van der Waals surface area (Å²) in [5, 5.41) is 2.94. The van der Waals surface area contributed by atoms with Gasteiger partial charge in [-0.2, -0.15) is 0 Å². The quantitative estimate of drug-likeness (QED) is 0.874. The fraction of sp³-hybridized carbons (Fsp3) is 0.357. The topological polar surface area (TPSA) is 54.9 Å². The lowest BCUT2D eigenvalue weighted by atomic mass is 10.1. The molecule has 1 N–H and O–H groups in total. The molecule has 1 unspecified atom stereocenters. The molecule has 0 aliphatic heterocycles. The minimum atomic E-state index is -0.162. The van der Waals surface area contributed by atoms with Crippen LogP contribution >= 0.6 is 11.6 Å². The number of nitrogens with zero attached hydrogens (tertiary/aromatic N) is 2. The maximum Gasteiger partial charge on any atom is 0.253 e. The van der Waals surface area contributed by atoms with Gasteiger partial charge in [-0.15, -0.1) is 11.6 Å². The van der Waals surface area contributed by atoms with Crippen LogP contribution in [0.15, 0.2) is 30.6 Å². The van der Waals surface area contributed by atoms with Gasteiger partial charge in [0.2, 0.25) is 0 Å². The molecule has 0 saturated heterocycles. The SMILES string of the molecule is CC(C)C(CCl)NC(=O)c1cccc2nccnc12. The Hall–Kier alpha value is -1.68. The minimum absolute atomic E-state index is 0.0545. The van der Waals surface area contributed by atoms with E-state index in [2.05, 4.69) is 15.3 Å². The van der Waals surface area contributed by atoms with E-state index in [-0.39, 0.29) is 17.9 Å². The van der Waals surface area contributed by atoms with Crippen molar-refractivity contribution in [2.75, 3.05) is 5.88 Å². The summed E-state index contributed by atoms with van der Waals surface area (Å²) in [7, 11) is 0. The van der Waals surface area contributed by atoms with Crippen LogP contribution in [0.4, 0.5) is 0 Å². The number of para-hydroxylation sites is 1. The Morgan fingerprint density at radius 3 is 2.74 bits per heavy atom. The number of aromatic nitrogens is 2. The Morgan fingerprint density at radius 1 is 1.32 bits per heavy atom. The molecule has 4 nitrogen and oxygen atoms in total. The third-order valence-corrected chi connectivity index (χ3v) is 3.36. The average Bonchev–Trinajstić information content (AvgIpc) is 2.43. The molecule has 1 aromatic heterocycles. The number of hydrogen-bond acceptors (Lipinski definition) is 3. The van der Waals surface area contributed by atoms with Crippen LogP contribution in [0.1, 0.15) is 24.2 Å². The predicted molar refractivity (Wildman–Crippen MR) is 76.4 cm³/mol. The second-order valence-electron chi connectivity index (χ2n) is 4.71. The van der Waals surface area contributed by atoms with E-state index < -0.39 is 0 Å². The normalized spacial score (nSPS) is 12.6. The first-order valence-electron chi connectivity index (χ1n) is 6.20. The van der Waals surface area contributed by atoms with Crippen LogP contribution in [0.5, 0.6) is 0 Å². The van der Waals surface area contributed by atoms with Gasteiger partial charge in [-0.25, -0.2) is 0 Å². The van der Waals surface area contributed by atoms with Crippen molar-refractivity contribution in [3.63, 3.8) is 0 Å². The van der Waals surface area contributed by atoms with Crippen LogP contribution in [0, 0.1) is 5.92 Å². The number of hydrogen-bond donors (Lipinski definition) is 1. The number of fused-ring (bicyclic) bond motifs is 1. The Bertz CT molecular complexity index is 580. The summed E-state index contributed by atoms with van der Waals surface area (Å²) in [6.45, 7) is 4.05. The molecule has 0 spiro atoms. The molecule has 1 atom stereocenters. The van der Waals surface area contributed by atoms with E-state index in [1.807, 2.05) is 19.9 Å². The number of benzene rings is 1. The van der Waals surface area contributed by atoms with Crippen molar-refractivity contribution < 1.29 is 4.79 Å². The van der Waals surface area contributed by atoms with Gasteiger partial charge in [-0.05, 0) is 18.1 Å². The molecule has 0 saturated carbocycles. The van der Waals surface area contributed by atoms with E-state index in [4.69, 9.17) is 11.6 Å². The molecule has 0 aliphatic carbocycles. The molecule has 19 heavy (non-hydrogen) atoms. The first kappa shape index (κ1) is 13.7. The van der Waals surface area contributed by atoms with Crippen molar-refractivity contribution in [1.82, 2.24) is 15.3 Å². The summed E-state index contributed by atoms with van der Waals surface area (Å²) in [5.41, 5.74) is 1.85. The summed E-state index contributed by atoms with van der Waals surface area (Å²) in [4.78, 5) is 20.7. The maximum atomic E-state index is 12.3. The smallest absolute Gasteiger partial charge is 0.253 e. The van der Waals surface area contributed by atoms with Gasteiger partial charge in [0.1, 0.15) is 5.52 Å². The molecule has 2 aromatic rings. The second-order valence-corrected chi connectivity index (χ2v) is 5.02. The Balaban J connectivity index is 2.31. The molecule has 1 heterocycles. The van der Waals surface area contributed by atoms with Gasteiger partial charge in [0.05, 0.1) is 11.1 Å². The van der Waals surface area contributed by atoms with Crippen molar-refractivity contribution in [3.8, 4) is 0 Å². The molecule has 100 valence electrons. The summed E-state index contributed by atoms with van der Waals surface area (Å²) < 4.78 is 0. The lowest BCUT2D eigenvalue weighted by molar-refractivity contribution is 0.0932. The number of nitrogens with one attached hydrogen (secondary N) is 1. The molecule has 0 aliphatic rings. The zero-order valence-electron chi connectivity index (χ0n) is 10.9. The van der Waals surface area contributed by atoms with Gasteiger partial charge in [0.15, 0.2) is 0 Å². The van der Waals surface area contributed by atoms with Crippen molar-refractivity contribution in [3.05, 3.63) is 36.2 Å². The lowest BCUT2D eigenvalue weighted by Gasteiger charge is -2.19. The van der Waals surface area contributed by atoms with E-state index in [9.17, 15) is 4.79 Å². The zero-order valence-corrected chi connectivity index (χ0v) is 11.7. The van der Waals surface area contributed by atoms with E-state index in [0.29, 0.717) is 22.5 Å².